The van der Waals surface area contributed by atoms with E-state index in [9.17, 15) is 9.59 Å². The summed E-state index contributed by atoms with van der Waals surface area (Å²) in [5.41, 5.74) is 0.968. The van der Waals surface area contributed by atoms with E-state index < -0.39 is 5.97 Å². The van der Waals surface area contributed by atoms with Crippen LogP contribution in [-0.4, -0.2) is 39.1 Å². The third-order valence-corrected chi connectivity index (χ3v) is 4.79. The van der Waals surface area contributed by atoms with Gasteiger partial charge in [0.05, 0.1) is 10.5 Å². The van der Waals surface area contributed by atoms with Crippen molar-refractivity contribution in [1.29, 1.82) is 0 Å². The lowest BCUT2D eigenvalue weighted by atomic mass is 10.1. The number of aromatic carboxylic acids is 1. The molecule has 1 aliphatic rings. The lowest BCUT2D eigenvalue weighted by Crippen LogP contribution is -2.23. The minimum Gasteiger partial charge on any atom is -0.478 e. The molecule has 0 saturated carbocycles. The molecule has 1 aromatic carbocycles. The molecule has 0 bridgehead atoms. The number of carboxylic acids is 1. The number of aromatic nitrogens is 1. The number of nitrogens with zero attached hydrogens (tertiary/aromatic N) is 3. The molecule has 6 nitrogen and oxygen atoms in total. The van der Waals surface area contributed by atoms with E-state index in [2.05, 4.69) is 9.98 Å². The molecule has 23 heavy (non-hydrogen) atoms. The Kier molecular flexibility index (Phi) is 4.26. The Morgan fingerprint density at radius 2 is 2.09 bits per heavy atom. The third kappa shape index (κ3) is 3.33. The van der Waals surface area contributed by atoms with Crippen molar-refractivity contribution in [3.63, 3.8) is 0 Å². The van der Waals surface area contributed by atoms with E-state index in [1.54, 1.807) is 31.5 Å². The first kappa shape index (κ1) is 15.4. The summed E-state index contributed by atoms with van der Waals surface area (Å²) in [4.78, 5) is 33.6. The SMILES string of the molecule is CN1C(=O)/C(=C\c2ccc(C(=O)O)cc2)S/C1=N/c1nccs1. The van der Waals surface area contributed by atoms with Gasteiger partial charge in [-0.2, -0.15) is 4.99 Å². The van der Waals surface area contributed by atoms with Gasteiger partial charge in [0.15, 0.2) is 5.17 Å². The van der Waals surface area contributed by atoms with E-state index >= 15 is 0 Å². The largest absolute Gasteiger partial charge is 0.478 e. The second kappa shape index (κ2) is 6.35. The zero-order valence-electron chi connectivity index (χ0n) is 12.0. The zero-order valence-corrected chi connectivity index (χ0v) is 13.6. The van der Waals surface area contributed by atoms with Gasteiger partial charge in [-0.3, -0.25) is 9.69 Å². The van der Waals surface area contributed by atoms with Crippen LogP contribution in [0.1, 0.15) is 15.9 Å². The fourth-order valence-corrected chi connectivity index (χ4v) is 3.41. The number of benzene rings is 1. The number of amides is 1. The van der Waals surface area contributed by atoms with E-state index in [0.29, 0.717) is 15.2 Å². The number of hydrogen-bond acceptors (Lipinski definition) is 6. The molecule has 1 saturated heterocycles. The molecule has 0 radical (unpaired) electrons. The highest BCUT2D eigenvalue weighted by molar-refractivity contribution is 8.18. The number of carboxylic acid groups (broad SMARTS) is 1. The number of carbonyl (C=O) groups excluding carboxylic acids is 1. The Labute approximate surface area is 140 Å². The van der Waals surface area contributed by atoms with Gasteiger partial charge in [0.25, 0.3) is 5.91 Å². The number of amidine groups is 1. The number of thioether (sulfide) groups is 1. The summed E-state index contributed by atoms with van der Waals surface area (Å²) >= 11 is 2.67. The van der Waals surface area contributed by atoms with Crippen LogP contribution in [0, 0.1) is 0 Å². The molecule has 1 N–H and O–H groups in total. The van der Waals surface area contributed by atoms with Crippen LogP contribution in [-0.2, 0) is 4.79 Å². The highest BCUT2D eigenvalue weighted by atomic mass is 32.2. The first-order valence-electron chi connectivity index (χ1n) is 6.54. The van der Waals surface area contributed by atoms with Crippen LogP contribution in [0.3, 0.4) is 0 Å². The van der Waals surface area contributed by atoms with Gasteiger partial charge in [0.2, 0.25) is 5.13 Å². The van der Waals surface area contributed by atoms with Gasteiger partial charge in [-0.15, -0.1) is 11.3 Å². The molecular weight excluding hydrogens is 334 g/mol. The van der Waals surface area contributed by atoms with Crippen LogP contribution >= 0.6 is 23.1 Å². The topological polar surface area (TPSA) is 82.9 Å². The Balaban J connectivity index is 1.85. The van der Waals surface area contributed by atoms with E-state index in [-0.39, 0.29) is 11.5 Å². The van der Waals surface area contributed by atoms with Crippen molar-refractivity contribution in [2.45, 2.75) is 0 Å². The fraction of sp³-hybridized carbons (Fsp3) is 0.0667. The van der Waals surface area contributed by atoms with Crippen molar-refractivity contribution >= 4 is 51.4 Å². The van der Waals surface area contributed by atoms with Gasteiger partial charge in [0, 0.05) is 18.6 Å². The summed E-state index contributed by atoms with van der Waals surface area (Å²) in [7, 11) is 1.66. The smallest absolute Gasteiger partial charge is 0.335 e. The molecule has 8 heteroatoms. The van der Waals surface area contributed by atoms with Gasteiger partial charge < -0.3 is 5.11 Å². The van der Waals surface area contributed by atoms with Crippen molar-refractivity contribution in [2.75, 3.05) is 7.05 Å². The predicted octanol–water partition coefficient (Wildman–Crippen LogP) is 3.08. The average molecular weight is 345 g/mol. The molecule has 1 aromatic heterocycles. The summed E-state index contributed by atoms with van der Waals surface area (Å²) in [5.74, 6) is -1.12. The maximum Gasteiger partial charge on any atom is 0.335 e. The highest BCUT2D eigenvalue weighted by Crippen LogP contribution is 2.33. The van der Waals surface area contributed by atoms with Gasteiger partial charge in [-0.25, -0.2) is 9.78 Å². The van der Waals surface area contributed by atoms with Crippen molar-refractivity contribution < 1.29 is 14.7 Å². The summed E-state index contributed by atoms with van der Waals surface area (Å²) in [6.07, 6.45) is 3.38. The van der Waals surface area contributed by atoms with Crippen molar-refractivity contribution in [3.8, 4) is 0 Å². The molecular formula is C15H11N3O3S2. The Hall–Kier alpha value is -2.45. The molecule has 1 aliphatic heterocycles. The van der Waals surface area contributed by atoms with E-state index in [0.717, 1.165) is 5.56 Å². The Bertz CT molecular complexity index is 811. The average Bonchev–Trinajstić information content (AvgIpc) is 3.13. The summed E-state index contributed by atoms with van der Waals surface area (Å²) in [5, 5.41) is 11.9. The molecule has 0 spiro atoms. The summed E-state index contributed by atoms with van der Waals surface area (Å²) in [6.45, 7) is 0. The standard InChI is InChI=1S/C15H11N3O3S2/c1-18-12(19)11(23-15(18)17-14-16-6-7-22-14)8-9-2-4-10(5-3-9)13(20)21/h2-8H,1H3,(H,20,21)/b11-8+,17-15+. The molecule has 2 aromatic rings. The number of likely N-dealkylation sites (N-methyl/N-ethyl adjacent to an activating group) is 1. The third-order valence-electron chi connectivity index (χ3n) is 3.07. The first-order chi connectivity index (χ1) is 11.0. The summed E-state index contributed by atoms with van der Waals surface area (Å²) in [6, 6.07) is 6.35. The van der Waals surface area contributed by atoms with E-state index in [1.807, 2.05) is 5.38 Å². The Morgan fingerprint density at radius 3 is 2.70 bits per heavy atom. The maximum absolute atomic E-state index is 12.3. The van der Waals surface area contributed by atoms with Crippen LogP contribution in [0.25, 0.3) is 6.08 Å². The van der Waals surface area contributed by atoms with Gasteiger partial charge in [-0.05, 0) is 35.5 Å². The second-order valence-corrected chi connectivity index (χ2v) is 6.49. The number of thiazole rings is 1. The van der Waals surface area contributed by atoms with Crippen LogP contribution in [0.15, 0.2) is 45.7 Å². The van der Waals surface area contributed by atoms with Crippen LogP contribution in [0.5, 0.6) is 0 Å². The van der Waals surface area contributed by atoms with Gasteiger partial charge in [-0.1, -0.05) is 12.1 Å². The number of hydrogen-bond donors (Lipinski definition) is 1. The van der Waals surface area contributed by atoms with Crippen LogP contribution < -0.4 is 0 Å². The first-order valence-corrected chi connectivity index (χ1v) is 8.23. The highest BCUT2D eigenvalue weighted by Gasteiger charge is 2.30. The van der Waals surface area contributed by atoms with Crippen molar-refractivity contribution in [2.24, 2.45) is 4.99 Å². The predicted molar refractivity (Wildman–Crippen MR) is 90.9 cm³/mol. The summed E-state index contributed by atoms with van der Waals surface area (Å²) < 4.78 is 0. The Morgan fingerprint density at radius 1 is 1.35 bits per heavy atom. The second-order valence-electron chi connectivity index (χ2n) is 4.61. The molecule has 116 valence electrons. The lowest BCUT2D eigenvalue weighted by molar-refractivity contribution is -0.121. The number of aliphatic imine (C=N–C) groups is 1. The fourth-order valence-electron chi connectivity index (χ4n) is 1.88. The van der Waals surface area contributed by atoms with Gasteiger partial charge >= 0.3 is 5.97 Å². The van der Waals surface area contributed by atoms with Crippen molar-refractivity contribution in [1.82, 2.24) is 9.88 Å². The van der Waals surface area contributed by atoms with E-state index in [4.69, 9.17) is 5.11 Å². The molecule has 1 fully saturated rings. The number of rotatable bonds is 3. The molecule has 3 rings (SSSR count). The normalized spacial score (nSPS) is 18.1. The molecule has 0 atom stereocenters. The molecule has 1 amide bonds. The molecule has 2 heterocycles. The maximum atomic E-state index is 12.3. The molecule has 0 aliphatic carbocycles. The monoisotopic (exact) mass is 345 g/mol. The van der Waals surface area contributed by atoms with E-state index in [1.165, 1.54) is 40.1 Å². The molecule has 0 unspecified atom stereocenters. The minimum atomic E-state index is -0.979. The quantitative estimate of drug-likeness (QED) is 0.865. The van der Waals surface area contributed by atoms with Gasteiger partial charge in [0.1, 0.15) is 0 Å². The van der Waals surface area contributed by atoms with Crippen molar-refractivity contribution in [3.05, 3.63) is 51.9 Å². The number of carbonyl (C=O) groups is 2. The van der Waals surface area contributed by atoms with Crippen LogP contribution in [0.4, 0.5) is 5.13 Å². The van der Waals surface area contributed by atoms with Crippen LogP contribution in [0.2, 0.25) is 0 Å². The zero-order chi connectivity index (χ0) is 16.4. The minimum absolute atomic E-state index is 0.146. The lowest BCUT2D eigenvalue weighted by Gasteiger charge is -2.05.